The molecule has 0 aliphatic heterocycles. The summed E-state index contributed by atoms with van der Waals surface area (Å²) in [5, 5.41) is 9.14. The summed E-state index contributed by atoms with van der Waals surface area (Å²) < 4.78 is 1.18. The Kier molecular flexibility index (Phi) is 5.43. The minimum Gasteiger partial charge on any atom is -0.477 e. The largest absolute Gasteiger partial charge is 0.477 e. The molecule has 0 amide bonds. The van der Waals surface area contributed by atoms with Gasteiger partial charge in [-0.3, -0.25) is 9.36 Å². The zero-order valence-corrected chi connectivity index (χ0v) is 11.7. The van der Waals surface area contributed by atoms with Crippen molar-refractivity contribution < 1.29 is 9.90 Å². The standard InChI is InChI=1S/C17H17NO3/c1-5-9-12(6-2)10-13-11-14(17(20)21)16(19)18(8-4)15(13)7-3/h5-9,11H,1-4,10H2,(H,20,21)/b12-9+. The molecule has 1 aromatic rings. The first-order valence-electron chi connectivity index (χ1n) is 6.20. The molecule has 4 nitrogen and oxygen atoms in total. The minimum absolute atomic E-state index is 0.308. The number of hydrogen-bond donors (Lipinski definition) is 1. The lowest BCUT2D eigenvalue weighted by molar-refractivity contribution is 0.0694. The Morgan fingerprint density at radius 1 is 1.29 bits per heavy atom. The van der Waals surface area contributed by atoms with E-state index in [1.807, 2.05) is 0 Å². The molecule has 0 unspecified atom stereocenters. The number of carbonyl (C=O) groups is 1. The highest BCUT2D eigenvalue weighted by Crippen LogP contribution is 2.16. The van der Waals surface area contributed by atoms with Gasteiger partial charge in [0.1, 0.15) is 5.56 Å². The van der Waals surface area contributed by atoms with E-state index in [9.17, 15) is 9.59 Å². The molecule has 1 N–H and O–H groups in total. The van der Waals surface area contributed by atoms with Crippen molar-refractivity contribution in [1.82, 2.24) is 4.57 Å². The van der Waals surface area contributed by atoms with Gasteiger partial charge in [-0.2, -0.15) is 0 Å². The summed E-state index contributed by atoms with van der Waals surface area (Å²) in [7, 11) is 0. The number of hydrogen-bond acceptors (Lipinski definition) is 2. The van der Waals surface area contributed by atoms with Crippen molar-refractivity contribution in [2.75, 3.05) is 0 Å². The SMILES string of the molecule is C=C/C=C(\C=C)Cc1cc(C(=O)O)c(=O)n(C=C)c1C=C. The summed E-state index contributed by atoms with van der Waals surface area (Å²) in [6.45, 7) is 14.5. The van der Waals surface area contributed by atoms with Crippen molar-refractivity contribution in [1.29, 1.82) is 0 Å². The molecule has 108 valence electrons. The van der Waals surface area contributed by atoms with Gasteiger partial charge < -0.3 is 5.11 Å². The molecule has 21 heavy (non-hydrogen) atoms. The average Bonchev–Trinajstić information content (AvgIpc) is 2.46. The van der Waals surface area contributed by atoms with Crippen LogP contribution in [0.4, 0.5) is 0 Å². The molecule has 0 bridgehead atoms. The first-order chi connectivity index (χ1) is 9.99. The third-order valence-electron chi connectivity index (χ3n) is 2.95. The molecule has 0 aromatic carbocycles. The molecular weight excluding hydrogens is 266 g/mol. The van der Waals surface area contributed by atoms with Crippen molar-refractivity contribution in [3.8, 4) is 0 Å². The normalized spacial score (nSPS) is 10.8. The van der Waals surface area contributed by atoms with Crippen molar-refractivity contribution >= 4 is 18.2 Å². The lowest BCUT2D eigenvalue weighted by atomic mass is 10.0. The molecule has 1 heterocycles. The topological polar surface area (TPSA) is 59.3 Å². The Balaban J connectivity index is 3.64. The Morgan fingerprint density at radius 3 is 2.38 bits per heavy atom. The number of pyridine rings is 1. The molecule has 0 spiro atoms. The maximum absolute atomic E-state index is 12.1. The monoisotopic (exact) mass is 283 g/mol. The minimum atomic E-state index is -1.28. The van der Waals surface area contributed by atoms with Gasteiger partial charge in [-0.1, -0.05) is 44.5 Å². The first kappa shape index (κ1) is 16.2. The molecule has 0 radical (unpaired) electrons. The van der Waals surface area contributed by atoms with Crippen LogP contribution < -0.4 is 5.56 Å². The van der Waals surface area contributed by atoms with Crippen LogP contribution in [0.25, 0.3) is 12.3 Å². The van der Waals surface area contributed by atoms with Crippen molar-refractivity contribution in [2.24, 2.45) is 0 Å². The predicted octanol–water partition coefficient (Wildman–Crippen LogP) is 3.13. The molecule has 0 atom stereocenters. The molecule has 0 aliphatic carbocycles. The highest BCUT2D eigenvalue weighted by atomic mass is 16.4. The van der Waals surface area contributed by atoms with Gasteiger partial charge in [0.2, 0.25) is 0 Å². The van der Waals surface area contributed by atoms with Crippen LogP contribution >= 0.6 is 0 Å². The smallest absolute Gasteiger partial charge is 0.341 e. The number of carboxylic acids is 1. The van der Waals surface area contributed by atoms with E-state index in [1.54, 1.807) is 18.2 Å². The van der Waals surface area contributed by atoms with Gasteiger partial charge in [0, 0.05) is 6.20 Å². The Bertz CT molecular complexity index is 705. The summed E-state index contributed by atoms with van der Waals surface area (Å²) >= 11 is 0. The quantitative estimate of drug-likeness (QED) is 0.782. The van der Waals surface area contributed by atoms with E-state index in [0.29, 0.717) is 17.7 Å². The fraction of sp³-hybridized carbons (Fsp3) is 0.0588. The number of allylic oxidation sites excluding steroid dienone is 4. The number of rotatable bonds is 7. The van der Waals surface area contributed by atoms with E-state index >= 15 is 0 Å². The molecule has 0 fully saturated rings. The zero-order chi connectivity index (χ0) is 16.0. The van der Waals surface area contributed by atoms with Crippen molar-refractivity contribution in [3.63, 3.8) is 0 Å². The average molecular weight is 283 g/mol. The fourth-order valence-electron chi connectivity index (χ4n) is 1.98. The van der Waals surface area contributed by atoms with Gasteiger partial charge in [0.25, 0.3) is 5.56 Å². The summed E-state index contributed by atoms with van der Waals surface area (Å²) in [6, 6.07) is 1.36. The van der Waals surface area contributed by atoms with Gasteiger partial charge in [-0.05, 0) is 29.7 Å². The first-order valence-corrected chi connectivity index (χ1v) is 6.20. The van der Waals surface area contributed by atoms with Crippen LogP contribution in [-0.2, 0) is 6.42 Å². The zero-order valence-electron chi connectivity index (χ0n) is 11.7. The number of aromatic carboxylic acids is 1. The van der Waals surface area contributed by atoms with Gasteiger partial charge in [-0.15, -0.1) is 0 Å². The second kappa shape index (κ2) is 7.05. The van der Waals surface area contributed by atoms with Gasteiger partial charge >= 0.3 is 5.97 Å². The predicted molar refractivity (Wildman–Crippen MR) is 86.3 cm³/mol. The Labute approximate surface area is 123 Å². The highest BCUT2D eigenvalue weighted by molar-refractivity contribution is 5.88. The van der Waals surface area contributed by atoms with Gasteiger partial charge in [0.15, 0.2) is 0 Å². The van der Waals surface area contributed by atoms with E-state index in [1.165, 1.54) is 22.9 Å². The number of nitrogens with zero attached hydrogens (tertiary/aromatic N) is 1. The molecule has 0 saturated heterocycles. The van der Waals surface area contributed by atoms with Gasteiger partial charge in [0.05, 0.1) is 5.69 Å². The summed E-state index contributed by atoms with van der Waals surface area (Å²) in [5.41, 5.74) is 1.06. The number of carboxylic acid groups (broad SMARTS) is 1. The molecule has 0 aliphatic rings. The summed E-state index contributed by atoms with van der Waals surface area (Å²) in [4.78, 5) is 23.3. The van der Waals surface area contributed by atoms with E-state index in [4.69, 9.17) is 5.11 Å². The molecule has 1 aromatic heterocycles. The van der Waals surface area contributed by atoms with E-state index in [0.717, 1.165) is 5.57 Å². The van der Waals surface area contributed by atoms with Crippen LogP contribution in [0.5, 0.6) is 0 Å². The lowest BCUT2D eigenvalue weighted by Gasteiger charge is -2.13. The van der Waals surface area contributed by atoms with E-state index in [-0.39, 0.29) is 5.56 Å². The van der Waals surface area contributed by atoms with E-state index in [2.05, 4.69) is 26.3 Å². The third kappa shape index (κ3) is 3.36. The Hall–Kier alpha value is -2.88. The van der Waals surface area contributed by atoms with Crippen molar-refractivity contribution in [2.45, 2.75) is 6.42 Å². The van der Waals surface area contributed by atoms with Crippen LogP contribution in [0.15, 0.2) is 61.0 Å². The second-order valence-electron chi connectivity index (χ2n) is 4.19. The van der Waals surface area contributed by atoms with Crippen LogP contribution in [0, 0.1) is 0 Å². The Morgan fingerprint density at radius 2 is 1.95 bits per heavy atom. The maximum atomic E-state index is 12.1. The molecule has 0 saturated carbocycles. The summed E-state index contributed by atoms with van der Waals surface area (Å²) in [5.74, 6) is -1.28. The maximum Gasteiger partial charge on any atom is 0.341 e. The fourth-order valence-corrected chi connectivity index (χ4v) is 1.98. The molecular formula is C17H17NO3. The summed E-state index contributed by atoms with van der Waals surface area (Å²) in [6.07, 6.45) is 8.22. The van der Waals surface area contributed by atoms with Crippen LogP contribution in [-0.4, -0.2) is 15.6 Å². The third-order valence-corrected chi connectivity index (χ3v) is 2.95. The van der Waals surface area contributed by atoms with E-state index < -0.39 is 11.5 Å². The van der Waals surface area contributed by atoms with Crippen LogP contribution in [0.2, 0.25) is 0 Å². The highest BCUT2D eigenvalue weighted by Gasteiger charge is 2.16. The number of aromatic nitrogens is 1. The van der Waals surface area contributed by atoms with Crippen molar-refractivity contribution in [3.05, 3.63) is 83.4 Å². The van der Waals surface area contributed by atoms with Crippen LogP contribution in [0.3, 0.4) is 0 Å². The lowest BCUT2D eigenvalue weighted by Crippen LogP contribution is -2.26. The molecule has 1 rings (SSSR count). The molecule has 4 heteroatoms. The van der Waals surface area contributed by atoms with Gasteiger partial charge in [-0.25, -0.2) is 4.79 Å². The van der Waals surface area contributed by atoms with Crippen LogP contribution in [0.1, 0.15) is 21.6 Å². The second-order valence-corrected chi connectivity index (χ2v) is 4.19.